The predicted molar refractivity (Wildman–Crippen MR) is 104 cm³/mol. The van der Waals surface area contributed by atoms with Crippen LogP contribution in [-0.2, 0) is 0 Å². The van der Waals surface area contributed by atoms with Gasteiger partial charge in [0, 0.05) is 45.1 Å². The van der Waals surface area contributed by atoms with Crippen LogP contribution in [0.25, 0.3) is 5.65 Å². The standard InChI is InChI=1S/C21H24N4O2/c1-17-7-8-25-16-19(22-20(25)15-17)21(26)24-11-9-23(10-12-24)13-14-27-18-5-3-2-4-6-18/h2-8,15-16H,9-14H2,1H3. The van der Waals surface area contributed by atoms with Crippen molar-refractivity contribution in [2.24, 2.45) is 0 Å². The summed E-state index contributed by atoms with van der Waals surface area (Å²) in [6.07, 6.45) is 3.76. The van der Waals surface area contributed by atoms with E-state index in [9.17, 15) is 4.79 Å². The molecule has 0 radical (unpaired) electrons. The molecule has 6 heteroatoms. The zero-order valence-electron chi connectivity index (χ0n) is 15.5. The van der Waals surface area contributed by atoms with Crippen LogP contribution < -0.4 is 4.74 Å². The molecule has 0 N–H and O–H groups in total. The molecular weight excluding hydrogens is 340 g/mol. The molecule has 6 nitrogen and oxygen atoms in total. The van der Waals surface area contributed by atoms with E-state index in [4.69, 9.17) is 4.74 Å². The Morgan fingerprint density at radius 1 is 1.11 bits per heavy atom. The smallest absolute Gasteiger partial charge is 0.274 e. The van der Waals surface area contributed by atoms with Gasteiger partial charge in [0.25, 0.3) is 5.91 Å². The number of benzene rings is 1. The first-order valence-electron chi connectivity index (χ1n) is 9.34. The number of aromatic nitrogens is 2. The number of nitrogens with zero attached hydrogens (tertiary/aromatic N) is 4. The Bertz CT molecular complexity index is 914. The summed E-state index contributed by atoms with van der Waals surface area (Å²) in [7, 11) is 0. The Kier molecular flexibility index (Phi) is 5.07. The van der Waals surface area contributed by atoms with Gasteiger partial charge in [-0.25, -0.2) is 4.98 Å². The lowest BCUT2D eigenvalue weighted by Crippen LogP contribution is -2.49. The molecule has 3 aromatic rings. The van der Waals surface area contributed by atoms with Crippen LogP contribution in [0.5, 0.6) is 5.75 Å². The first-order valence-corrected chi connectivity index (χ1v) is 9.34. The van der Waals surface area contributed by atoms with E-state index >= 15 is 0 Å². The number of carbonyl (C=O) groups is 1. The Morgan fingerprint density at radius 2 is 1.89 bits per heavy atom. The maximum Gasteiger partial charge on any atom is 0.274 e. The lowest BCUT2D eigenvalue weighted by atomic mass is 10.3. The molecule has 1 aliphatic rings. The first kappa shape index (κ1) is 17.5. The zero-order valence-corrected chi connectivity index (χ0v) is 15.5. The van der Waals surface area contributed by atoms with Crippen molar-refractivity contribution in [2.75, 3.05) is 39.3 Å². The van der Waals surface area contributed by atoms with E-state index in [1.165, 1.54) is 0 Å². The fourth-order valence-corrected chi connectivity index (χ4v) is 3.33. The van der Waals surface area contributed by atoms with Crippen LogP contribution in [0.2, 0.25) is 0 Å². The van der Waals surface area contributed by atoms with Crippen molar-refractivity contribution in [2.45, 2.75) is 6.92 Å². The van der Waals surface area contributed by atoms with Crippen LogP contribution in [0.4, 0.5) is 0 Å². The molecule has 0 unspecified atom stereocenters. The summed E-state index contributed by atoms with van der Waals surface area (Å²) < 4.78 is 7.66. The second-order valence-electron chi connectivity index (χ2n) is 6.89. The van der Waals surface area contributed by atoms with Gasteiger partial charge in [-0.2, -0.15) is 0 Å². The highest BCUT2D eigenvalue weighted by Gasteiger charge is 2.23. The number of rotatable bonds is 5. The third kappa shape index (κ3) is 4.11. The molecule has 3 heterocycles. The van der Waals surface area contributed by atoms with Gasteiger partial charge in [-0.1, -0.05) is 18.2 Å². The minimum atomic E-state index is 0.0107. The van der Waals surface area contributed by atoms with Crippen LogP contribution in [0.1, 0.15) is 16.1 Å². The van der Waals surface area contributed by atoms with E-state index in [0.717, 1.165) is 49.7 Å². The number of hydrogen-bond acceptors (Lipinski definition) is 4. The second kappa shape index (κ2) is 7.80. The van der Waals surface area contributed by atoms with E-state index in [-0.39, 0.29) is 5.91 Å². The molecule has 2 aromatic heterocycles. The molecule has 0 aliphatic carbocycles. The fourth-order valence-electron chi connectivity index (χ4n) is 3.33. The quantitative estimate of drug-likeness (QED) is 0.698. The average molecular weight is 364 g/mol. The molecule has 4 rings (SSSR count). The summed E-state index contributed by atoms with van der Waals surface area (Å²) in [6.45, 7) is 6.70. The zero-order chi connectivity index (χ0) is 18.6. The van der Waals surface area contributed by atoms with Crippen LogP contribution in [0.15, 0.2) is 54.9 Å². The molecule has 1 aliphatic heterocycles. The van der Waals surface area contributed by atoms with Crippen molar-refractivity contribution in [1.29, 1.82) is 0 Å². The van der Waals surface area contributed by atoms with Gasteiger partial charge in [0.05, 0.1) is 0 Å². The van der Waals surface area contributed by atoms with Crippen molar-refractivity contribution in [3.63, 3.8) is 0 Å². The number of carbonyl (C=O) groups excluding carboxylic acids is 1. The van der Waals surface area contributed by atoms with E-state index in [0.29, 0.717) is 12.3 Å². The highest BCUT2D eigenvalue weighted by molar-refractivity contribution is 5.93. The van der Waals surface area contributed by atoms with Crippen molar-refractivity contribution >= 4 is 11.6 Å². The summed E-state index contributed by atoms with van der Waals surface area (Å²) in [5.74, 6) is 0.907. The number of fused-ring (bicyclic) bond motifs is 1. The molecule has 0 atom stereocenters. The van der Waals surface area contributed by atoms with E-state index in [1.54, 1.807) is 0 Å². The number of piperazine rings is 1. The predicted octanol–water partition coefficient (Wildman–Crippen LogP) is 2.48. The molecule has 1 amide bonds. The van der Waals surface area contributed by atoms with Crippen LogP contribution in [0, 0.1) is 6.92 Å². The number of para-hydroxylation sites is 1. The highest BCUT2D eigenvalue weighted by Crippen LogP contribution is 2.12. The third-order valence-electron chi connectivity index (χ3n) is 4.91. The van der Waals surface area contributed by atoms with E-state index in [1.807, 2.05) is 71.1 Å². The number of pyridine rings is 1. The van der Waals surface area contributed by atoms with Crippen LogP contribution in [0.3, 0.4) is 0 Å². The number of imidazole rings is 1. The largest absolute Gasteiger partial charge is 0.492 e. The molecule has 140 valence electrons. The monoisotopic (exact) mass is 364 g/mol. The van der Waals surface area contributed by atoms with Gasteiger partial charge >= 0.3 is 0 Å². The van der Waals surface area contributed by atoms with E-state index < -0.39 is 0 Å². The first-order chi connectivity index (χ1) is 13.2. The number of amides is 1. The van der Waals surface area contributed by atoms with Crippen LogP contribution in [-0.4, -0.2) is 64.4 Å². The maximum atomic E-state index is 12.8. The third-order valence-corrected chi connectivity index (χ3v) is 4.91. The molecule has 1 aromatic carbocycles. The number of aryl methyl sites for hydroxylation is 1. The number of ether oxygens (including phenoxy) is 1. The molecule has 1 saturated heterocycles. The van der Waals surface area contributed by atoms with Gasteiger partial charge in [-0.15, -0.1) is 0 Å². The summed E-state index contributed by atoms with van der Waals surface area (Å²) in [4.78, 5) is 21.5. The van der Waals surface area contributed by atoms with Crippen molar-refractivity contribution < 1.29 is 9.53 Å². The Balaban J connectivity index is 1.28. The maximum absolute atomic E-state index is 12.8. The second-order valence-corrected chi connectivity index (χ2v) is 6.89. The van der Waals surface area contributed by atoms with Gasteiger partial charge in [0.1, 0.15) is 23.7 Å². The Morgan fingerprint density at radius 3 is 2.67 bits per heavy atom. The highest BCUT2D eigenvalue weighted by atomic mass is 16.5. The van der Waals surface area contributed by atoms with Gasteiger partial charge in [-0.05, 0) is 36.8 Å². The minimum absolute atomic E-state index is 0.0107. The summed E-state index contributed by atoms with van der Waals surface area (Å²) in [6, 6.07) is 13.9. The summed E-state index contributed by atoms with van der Waals surface area (Å²) >= 11 is 0. The Hall–Kier alpha value is -2.86. The van der Waals surface area contributed by atoms with Gasteiger partial charge < -0.3 is 14.0 Å². The number of hydrogen-bond donors (Lipinski definition) is 0. The van der Waals surface area contributed by atoms with Crippen molar-refractivity contribution in [3.05, 3.63) is 66.1 Å². The average Bonchev–Trinajstić information content (AvgIpc) is 3.12. The molecular formula is C21H24N4O2. The van der Waals surface area contributed by atoms with Crippen LogP contribution >= 0.6 is 0 Å². The molecule has 0 spiro atoms. The molecule has 1 fully saturated rings. The fraction of sp³-hybridized carbons (Fsp3) is 0.333. The van der Waals surface area contributed by atoms with Gasteiger partial charge in [0.15, 0.2) is 0 Å². The molecule has 0 bridgehead atoms. The minimum Gasteiger partial charge on any atom is -0.492 e. The van der Waals surface area contributed by atoms with E-state index in [2.05, 4.69) is 9.88 Å². The Labute approximate surface area is 159 Å². The molecule has 27 heavy (non-hydrogen) atoms. The lowest BCUT2D eigenvalue weighted by molar-refractivity contribution is 0.0615. The normalized spacial score (nSPS) is 15.2. The van der Waals surface area contributed by atoms with Gasteiger partial charge in [-0.3, -0.25) is 9.69 Å². The SMILES string of the molecule is Cc1ccn2cc(C(=O)N3CCN(CCOc4ccccc4)CC3)nc2c1. The van der Waals surface area contributed by atoms with Crippen molar-refractivity contribution in [1.82, 2.24) is 19.2 Å². The summed E-state index contributed by atoms with van der Waals surface area (Å²) in [5.41, 5.74) is 2.47. The van der Waals surface area contributed by atoms with Gasteiger partial charge in [0.2, 0.25) is 0 Å². The van der Waals surface area contributed by atoms with Crippen molar-refractivity contribution in [3.8, 4) is 5.75 Å². The topological polar surface area (TPSA) is 50.1 Å². The summed E-state index contributed by atoms with van der Waals surface area (Å²) in [5, 5.41) is 0. The molecule has 0 saturated carbocycles. The lowest BCUT2D eigenvalue weighted by Gasteiger charge is -2.34.